The largest absolute Gasteiger partial charge is 0.459 e. The molecule has 0 radical (unpaired) electrons. The van der Waals surface area contributed by atoms with E-state index in [2.05, 4.69) is 5.10 Å². The molecule has 0 aliphatic rings. The minimum atomic E-state index is -0.382. The van der Waals surface area contributed by atoms with Crippen molar-refractivity contribution >= 4 is 0 Å². The van der Waals surface area contributed by atoms with Gasteiger partial charge in [0.25, 0.3) is 0 Å². The van der Waals surface area contributed by atoms with Crippen LogP contribution in [0, 0.1) is 0 Å². The molecule has 0 aromatic carbocycles. The van der Waals surface area contributed by atoms with Gasteiger partial charge in [-0.3, -0.25) is 4.68 Å². The summed E-state index contributed by atoms with van der Waals surface area (Å²) in [7, 11) is 1.86. The van der Waals surface area contributed by atoms with Gasteiger partial charge in [0.1, 0.15) is 11.5 Å². The summed E-state index contributed by atoms with van der Waals surface area (Å²) >= 11 is 0. The average Bonchev–Trinajstić information content (AvgIpc) is 2.72. The smallest absolute Gasteiger partial charge is 0.154 e. The maximum atomic E-state index is 9.21. The Hall–Kier alpha value is -1.55. The summed E-state index contributed by atoms with van der Waals surface area (Å²) in [6.45, 7) is 1.74. The maximum Gasteiger partial charge on any atom is 0.154 e. The van der Waals surface area contributed by atoms with Crippen molar-refractivity contribution in [1.29, 1.82) is 0 Å². The van der Waals surface area contributed by atoms with Crippen molar-refractivity contribution in [3.8, 4) is 11.5 Å². The zero-order valence-corrected chi connectivity index (χ0v) is 8.84. The van der Waals surface area contributed by atoms with Crippen LogP contribution in [0.15, 0.2) is 28.8 Å². The lowest BCUT2D eigenvalue weighted by atomic mass is 10.2. The van der Waals surface area contributed by atoms with E-state index in [1.165, 1.54) is 0 Å². The zero-order valence-electron chi connectivity index (χ0n) is 8.84. The predicted octanol–water partition coefficient (Wildman–Crippen LogP) is 1.60. The van der Waals surface area contributed by atoms with Gasteiger partial charge in [0.2, 0.25) is 0 Å². The number of aryl methyl sites for hydroxylation is 1. The molecule has 0 saturated carbocycles. The Kier molecular flexibility index (Phi) is 2.60. The Balaban J connectivity index is 2.20. The highest BCUT2D eigenvalue weighted by Crippen LogP contribution is 2.20. The third kappa shape index (κ3) is 2.27. The first-order valence-corrected chi connectivity index (χ1v) is 4.92. The summed E-state index contributed by atoms with van der Waals surface area (Å²) in [5, 5.41) is 13.4. The van der Waals surface area contributed by atoms with Crippen LogP contribution in [0.2, 0.25) is 0 Å². The summed E-state index contributed by atoms with van der Waals surface area (Å²) in [6.07, 6.45) is 2.02. The van der Waals surface area contributed by atoms with Crippen molar-refractivity contribution in [2.24, 2.45) is 7.05 Å². The van der Waals surface area contributed by atoms with E-state index < -0.39 is 0 Å². The Bertz CT molecular complexity index is 443. The molecule has 15 heavy (non-hydrogen) atoms. The fourth-order valence-corrected chi connectivity index (χ4v) is 1.46. The van der Waals surface area contributed by atoms with Crippen LogP contribution in [0.4, 0.5) is 0 Å². The number of aliphatic hydroxyl groups is 1. The number of nitrogens with zero attached hydrogens (tertiary/aromatic N) is 2. The molecule has 2 aromatic heterocycles. The van der Waals surface area contributed by atoms with Crippen LogP contribution < -0.4 is 0 Å². The Morgan fingerprint density at radius 1 is 1.47 bits per heavy atom. The molecule has 1 atom stereocenters. The van der Waals surface area contributed by atoms with Crippen molar-refractivity contribution in [3.63, 3.8) is 0 Å². The monoisotopic (exact) mass is 206 g/mol. The van der Waals surface area contributed by atoms with Crippen molar-refractivity contribution < 1.29 is 9.52 Å². The molecule has 0 aliphatic carbocycles. The number of furan rings is 1. The first-order valence-electron chi connectivity index (χ1n) is 4.92. The molecule has 0 saturated heterocycles. The fraction of sp³-hybridized carbons (Fsp3) is 0.364. The second-order valence-electron chi connectivity index (χ2n) is 3.69. The molecule has 2 rings (SSSR count). The second-order valence-corrected chi connectivity index (χ2v) is 3.69. The van der Waals surface area contributed by atoms with Gasteiger partial charge in [-0.1, -0.05) is 0 Å². The van der Waals surface area contributed by atoms with E-state index >= 15 is 0 Å². The van der Waals surface area contributed by atoms with Crippen molar-refractivity contribution in [1.82, 2.24) is 9.78 Å². The number of hydrogen-bond donors (Lipinski definition) is 1. The van der Waals surface area contributed by atoms with Gasteiger partial charge in [-0.15, -0.1) is 0 Å². The Morgan fingerprint density at radius 3 is 2.87 bits per heavy atom. The topological polar surface area (TPSA) is 51.2 Å². The van der Waals surface area contributed by atoms with E-state index in [1.807, 2.05) is 31.4 Å². The van der Waals surface area contributed by atoms with E-state index in [1.54, 1.807) is 11.6 Å². The van der Waals surface area contributed by atoms with Crippen molar-refractivity contribution in [2.75, 3.05) is 0 Å². The Labute approximate surface area is 88.1 Å². The third-order valence-electron chi connectivity index (χ3n) is 2.12. The number of hydrogen-bond acceptors (Lipinski definition) is 3. The van der Waals surface area contributed by atoms with Crippen LogP contribution in [-0.2, 0) is 13.5 Å². The number of rotatable bonds is 3. The lowest BCUT2D eigenvalue weighted by Gasteiger charge is -1.98. The van der Waals surface area contributed by atoms with Gasteiger partial charge >= 0.3 is 0 Å². The molecule has 0 amide bonds. The molecule has 0 spiro atoms. The van der Waals surface area contributed by atoms with E-state index in [-0.39, 0.29) is 6.10 Å². The van der Waals surface area contributed by atoms with Crippen LogP contribution in [-0.4, -0.2) is 21.0 Å². The van der Waals surface area contributed by atoms with E-state index in [0.29, 0.717) is 6.42 Å². The molecule has 4 nitrogen and oxygen atoms in total. The predicted molar refractivity (Wildman–Crippen MR) is 56.3 cm³/mol. The SMILES string of the molecule is CC(O)Cc1ccc(-c2ccn(C)n2)o1. The lowest BCUT2D eigenvalue weighted by Crippen LogP contribution is -2.02. The summed E-state index contributed by atoms with van der Waals surface area (Å²) < 4.78 is 7.29. The van der Waals surface area contributed by atoms with Gasteiger partial charge in [0, 0.05) is 19.7 Å². The standard InChI is InChI=1S/C11H14N2O2/c1-8(14)7-9-3-4-11(15-9)10-5-6-13(2)12-10/h3-6,8,14H,7H2,1-2H3. The van der Waals surface area contributed by atoms with Crippen LogP contribution in [0.1, 0.15) is 12.7 Å². The average molecular weight is 206 g/mol. The molecule has 0 fully saturated rings. The van der Waals surface area contributed by atoms with Gasteiger partial charge in [0.05, 0.1) is 6.10 Å². The molecule has 2 heterocycles. The van der Waals surface area contributed by atoms with E-state index in [4.69, 9.17) is 4.42 Å². The van der Waals surface area contributed by atoms with Gasteiger partial charge in [-0.05, 0) is 25.1 Å². The second kappa shape index (κ2) is 3.90. The van der Waals surface area contributed by atoms with Crippen LogP contribution in [0.25, 0.3) is 11.5 Å². The molecule has 1 N–H and O–H groups in total. The highest BCUT2D eigenvalue weighted by Gasteiger charge is 2.08. The van der Waals surface area contributed by atoms with Crippen LogP contribution >= 0.6 is 0 Å². The summed E-state index contributed by atoms with van der Waals surface area (Å²) in [6, 6.07) is 5.64. The Morgan fingerprint density at radius 2 is 2.27 bits per heavy atom. The first kappa shape index (κ1) is 9.98. The van der Waals surface area contributed by atoms with Crippen molar-refractivity contribution in [3.05, 3.63) is 30.2 Å². The highest BCUT2D eigenvalue weighted by molar-refractivity contribution is 5.51. The van der Waals surface area contributed by atoms with Crippen LogP contribution in [0.3, 0.4) is 0 Å². The zero-order chi connectivity index (χ0) is 10.8. The van der Waals surface area contributed by atoms with Gasteiger partial charge < -0.3 is 9.52 Å². The molecule has 80 valence electrons. The summed E-state index contributed by atoms with van der Waals surface area (Å²) in [5.41, 5.74) is 0.814. The molecule has 2 aromatic rings. The number of aromatic nitrogens is 2. The summed E-state index contributed by atoms with van der Waals surface area (Å²) in [4.78, 5) is 0. The van der Waals surface area contributed by atoms with Gasteiger partial charge in [-0.25, -0.2) is 0 Å². The lowest BCUT2D eigenvalue weighted by molar-refractivity contribution is 0.187. The molecule has 4 heteroatoms. The molecule has 0 aliphatic heterocycles. The number of aliphatic hydroxyl groups excluding tert-OH is 1. The van der Waals surface area contributed by atoms with E-state index in [9.17, 15) is 5.11 Å². The van der Waals surface area contributed by atoms with Gasteiger partial charge in [0.15, 0.2) is 5.76 Å². The maximum absolute atomic E-state index is 9.21. The molecule has 1 unspecified atom stereocenters. The van der Waals surface area contributed by atoms with E-state index in [0.717, 1.165) is 17.2 Å². The first-order chi connectivity index (χ1) is 7.15. The molecular formula is C11H14N2O2. The van der Waals surface area contributed by atoms with Gasteiger partial charge in [-0.2, -0.15) is 5.10 Å². The highest BCUT2D eigenvalue weighted by atomic mass is 16.3. The van der Waals surface area contributed by atoms with Crippen LogP contribution in [0.5, 0.6) is 0 Å². The van der Waals surface area contributed by atoms with Crippen molar-refractivity contribution in [2.45, 2.75) is 19.4 Å². The summed E-state index contributed by atoms with van der Waals surface area (Å²) in [5.74, 6) is 1.52. The minimum Gasteiger partial charge on any atom is -0.459 e. The fourth-order valence-electron chi connectivity index (χ4n) is 1.46. The minimum absolute atomic E-state index is 0.382. The third-order valence-corrected chi connectivity index (χ3v) is 2.12. The normalized spacial score (nSPS) is 13.0. The molecule has 0 bridgehead atoms. The quantitative estimate of drug-likeness (QED) is 0.829. The molecular weight excluding hydrogens is 192 g/mol.